The van der Waals surface area contributed by atoms with E-state index in [1.165, 1.54) is 0 Å². The summed E-state index contributed by atoms with van der Waals surface area (Å²) >= 11 is 0. The van der Waals surface area contributed by atoms with Crippen molar-refractivity contribution in [2.24, 2.45) is 0 Å². The predicted molar refractivity (Wildman–Crippen MR) is 98.4 cm³/mol. The number of carbonyl (C=O) groups excluding carboxylic acids is 2. The van der Waals surface area contributed by atoms with Gasteiger partial charge in [0.2, 0.25) is 5.91 Å². The van der Waals surface area contributed by atoms with Crippen LogP contribution < -0.4 is 9.64 Å². The molecule has 1 aromatic heterocycles. The van der Waals surface area contributed by atoms with Gasteiger partial charge in [0.25, 0.3) is 5.91 Å². The predicted octanol–water partition coefficient (Wildman–Crippen LogP) is 2.25. The monoisotopic (exact) mass is 356 g/mol. The third kappa shape index (κ3) is 3.42. The first kappa shape index (κ1) is 18.0. The number of carbonyl (C=O) groups is 2. The Bertz CT molecular complexity index is 802. The zero-order valence-electron chi connectivity index (χ0n) is 15.4. The van der Waals surface area contributed by atoms with Gasteiger partial charge in [-0.25, -0.2) is 0 Å². The van der Waals surface area contributed by atoms with Crippen LogP contribution in [-0.4, -0.2) is 53.2 Å². The van der Waals surface area contributed by atoms with Crippen molar-refractivity contribution in [3.8, 4) is 5.75 Å². The zero-order chi connectivity index (χ0) is 18.7. The van der Waals surface area contributed by atoms with E-state index in [9.17, 15) is 9.59 Å². The van der Waals surface area contributed by atoms with E-state index >= 15 is 0 Å². The van der Waals surface area contributed by atoms with Crippen LogP contribution in [0.3, 0.4) is 0 Å². The number of methoxy groups -OCH3 is 1. The highest BCUT2D eigenvalue weighted by atomic mass is 16.5. The molecule has 0 aliphatic carbocycles. The summed E-state index contributed by atoms with van der Waals surface area (Å²) in [6.07, 6.45) is 1.82. The molecule has 1 aromatic carbocycles. The van der Waals surface area contributed by atoms with Crippen molar-refractivity contribution in [2.75, 3.05) is 25.1 Å². The van der Waals surface area contributed by atoms with Crippen molar-refractivity contribution in [1.29, 1.82) is 0 Å². The minimum absolute atomic E-state index is 0.109. The van der Waals surface area contributed by atoms with Gasteiger partial charge in [0.05, 0.1) is 7.11 Å². The average Bonchev–Trinajstić information content (AvgIpc) is 3.12. The molecule has 1 N–H and O–H groups in total. The van der Waals surface area contributed by atoms with E-state index in [4.69, 9.17) is 4.74 Å². The van der Waals surface area contributed by atoms with Gasteiger partial charge in [0.1, 0.15) is 17.5 Å². The third-order valence-electron chi connectivity index (χ3n) is 4.65. The van der Waals surface area contributed by atoms with Crippen LogP contribution in [0.5, 0.6) is 5.75 Å². The highest BCUT2D eigenvalue weighted by Crippen LogP contribution is 2.25. The summed E-state index contributed by atoms with van der Waals surface area (Å²) < 4.78 is 5.23. The van der Waals surface area contributed by atoms with Crippen molar-refractivity contribution >= 4 is 17.5 Å². The summed E-state index contributed by atoms with van der Waals surface area (Å²) in [6.45, 7) is 4.72. The number of anilines is 1. The van der Waals surface area contributed by atoms with Crippen LogP contribution in [0.4, 0.5) is 5.69 Å². The molecule has 0 spiro atoms. The minimum Gasteiger partial charge on any atom is -0.497 e. The van der Waals surface area contributed by atoms with Gasteiger partial charge in [-0.2, -0.15) is 5.10 Å². The van der Waals surface area contributed by atoms with E-state index in [0.717, 1.165) is 24.2 Å². The molecule has 2 heterocycles. The van der Waals surface area contributed by atoms with Gasteiger partial charge in [-0.05, 0) is 31.5 Å². The largest absolute Gasteiger partial charge is 0.497 e. The molecule has 7 nitrogen and oxygen atoms in total. The lowest BCUT2D eigenvalue weighted by Gasteiger charge is -2.38. The van der Waals surface area contributed by atoms with Crippen molar-refractivity contribution in [3.05, 3.63) is 41.7 Å². The molecule has 1 fully saturated rings. The molecule has 1 aliphatic heterocycles. The van der Waals surface area contributed by atoms with Gasteiger partial charge in [-0.3, -0.25) is 14.7 Å². The number of aromatic nitrogens is 2. The molecule has 1 saturated heterocycles. The molecule has 0 saturated carbocycles. The van der Waals surface area contributed by atoms with E-state index in [-0.39, 0.29) is 11.8 Å². The standard InChI is InChI=1S/C19H24N4O3/c1-4-6-14-11-17(21-20-14)19(25)22-9-10-23(18(24)13(22)2)15-7-5-8-16(12-15)26-3/h5,7-8,11-13H,4,6,9-10H2,1-3H3,(H,20,21). The van der Waals surface area contributed by atoms with Gasteiger partial charge in [-0.1, -0.05) is 19.4 Å². The van der Waals surface area contributed by atoms with Gasteiger partial charge < -0.3 is 14.5 Å². The van der Waals surface area contributed by atoms with Gasteiger partial charge in [0, 0.05) is 30.5 Å². The van der Waals surface area contributed by atoms with Crippen molar-refractivity contribution in [1.82, 2.24) is 15.1 Å². The quantitative estimate of drug-likeness (QED) is 0.891. The number of H-pyrrole nitrogens is 1. The number of benzene rings is 1. The Kier molecular flexibility index (Phi) is 5.25. The molecule has 0 bridgehead atoms. The number of hydrogen-bond donors (Lipinski definition) is 1. The summed E-state index contributed by atoms with van der Waals surface area (Å²) in [6, 6.07) is 8.61. The number of piperazine rings is 1. The Morgan fingerprint density at radius 3 is 2.88 bits per heavy atom. The van der Waals surface area contributed by atoms with E-state index < -0.39 is 6.04 Å². The summed E-state index contributed by atoms with van der Waals surface area (Å²) in [5.41, 5.74) is 2.08. The van der Waals surface area contributed by atoms with E-state index in [2.05, 4.69) is 17.1 Å². The molecule has 1 aliphatic rings. The highest BCUT2D eigenvalue weighted by molar-refractivity contribution is 6.02. The van der Waals surface area contributed by atoms with E-state index in [1.807, 2.05) is 24.3 Å². The number of aryl methyl sites for hydroxylation is 1. The van der Waals surface area contributed by atoms with E-state index in [1.54, 1.807) is 29.9 Å². The first-order chi connectivity index (χ1) is 12.5. The lowest BCUT2D eigenvalue weighted by Crippen LogP contribution is -2.57. The second-order valence-corrected chi connectivity index (χ2v) is 6.39. The lowest BCUT2D eigenvalue weighted by atomic mass is 10.1. The molecule has 1 unspecified atom stereocenters. The van der Waals surface area contributed by atoms with Gasteiger partial charge >= 0.3 is 0 Å². The molecule has 26 heavy (non-hydrogen) atoms. The molecule has 2 amide bonds. The fraction of sp³-hybridized carbons (Fsp3) is 0.421. The lowest BCUT2D eigenvalue weighted by molar-refractivity contribution is -0.124. The van der Waals surface area contributed by atoms with Crippen molar-refractivity contribution < 1.29 is 14.3 Å². The van der Waals surface area contributed by atoms with Gasteiger partial charge in [0.15, 0.2) is 0 Å². The maximum absolute atomic E-state index is 12.8. The molecule has 2 aromatic rings. The fourth-order valence-electron chi connectivity index (χ4n) is 3.20. The van der Waals surface area contributed by atoms with Crippen LogP contribution in [-0.2, 0) is 11.2 Å². The first-order valence-electron chi connectivity index (χ1n) is 8.85. The molecular weight excluding hydrogens is 332 g/mol. The maximum atomic E-state index is 12.8. The number of nitrogens with one attached hydrogen (secondary N) is 1. The van der Waals surface area contributed by atoms with Crippen LogP contribution in [0.1, 0.15) is 36.5 Å². The normalized spacial score (nSPS) is 17.5. The zero-order valence-corrected chi connectivity index (χ0v) is 15.4. The average molecular weight is 356 g/mol. The minimum atomic E-state index is -0.547. The number of nitrogens with zero attached hydrogens (tertiary/aromatic N) is 3. The molecule has 3 rings (SSSR count). The Morgan fingerprint density at radius 1 is 1.35 bits per heavy atom. The number of ether oxygens (including phenoxy) is 1. The Balaban J connectivity index is 1.75. The fourth-order valence-corrected chi connectivity index (χ4v) is 3.20. The van der Waals surface area contributed by atoms with Gasteiger partial charge in [-0.15, -0.1) is 0 Å². The molecular formula is C19H24N4O3. The second kappa shape index (κ2) is 7.59. The molecule has 7 heteroatoms. The number of rotatable bonds is 5. The number of aromatic amines is 1. The topological polar surface area (TPSA) is 78.5 Å². The Hall–Kier alpha value is -2.83. The molecule has 138 valence electrons. The smallest absolute Gasteiger partial charge is 0.275 e. The van der Waals surface area contributed by atoms with Crippen molar-refractivity contribution in [2.45, 2.75) is 32.7 Å². The van der Waals surface area contributed by atoms with Crippen LogP contribution in [0, 0.1) is 0 Å². The molecule has 0 radical (unpaired) electrons. The van der Waals surface area contributed by atoms with Crippen LogP contribution in [0.15, 0.2) is 30.3 Å². The highest BCUT2D eigenvalue weighted by Gasteiger charge is 2.36. The first-order valence-corrected chi connectivity index (χ1v) is 8.85. The summed E-state index contributed by atoms with van der Waals surface area (Å²) in [5, 5.41) is 7.00. The van der Waals surface area contributed by atoms with Crippen LogP contribution in [0.25, 0.3) is 0 Å². The summed E-state index contributed by atoms with van der Waals surface area (Å²) in [4.78, 5) is 28.9. The van der Waals surface area contributed by atoms with E-state index in [0.29, 0.717) is 24.5 Å². The third-order valence-corrected chi connectivity index (χ3v) is 4.65. The number of hydrogen-bond acceptors (Lipinski definition) is 4. The van der Waals surface area contributed by atoms with Crippen molar-refractivity contribution in [3.63, 3.8) is 0 Å². The number of amides is 2. The van der Waals surface area contributed by atoms with Crippen LogP contribution >= 0.6 is 0 Å². The SMILES string of the molecule is CCCc1cc(C(=O)N2CCN(c3cccc(OC)c3)C(=O)C2C)n[nH]1. The maximum Gasteiger partial charge on any atom is 0.275 e. The van der Waals surface area contributed by atoms with Crippen LogP contribution in [0.2, 0.25) is 0 Å². The summed E-state index contributed by atoms with van der Waals surface area (Å²) in [7, 11) is 1.59. The summed E-state index contributed by atoms with van der Waals surface area (Å²) in [5.74, 6) is 0.373. The second-order valence-electron chi connectivity index (χ2n) is 6.39. The Morgan fingerprint density at radius 2 is 2.15 bits per heavy atom. The Labute approximate surface area is 152 Å². The molecule has 1 atom stereocenters.